The predicted octanol–water partition coefficient (Wildman–Crippen LogP) is 4.80. The van der Waals surface area contributed by atoms with Crippen molar-refractivity contribution in [3.8, 4) is 0 Å². The number of anilines is 3. The van der Waals surface area contributed by atoms with Gasteiger partial charge in [-0.05, 0) is 43.3 Å². The first kappa shape index (κ1) is 18.4. The maximum absolute atomic E-state index is 12.6. The van der Waals surface area contributed by atoms with Gasteiger partial charge in [-0.2, -0.15) is 13.2 Å². The minimum absolute atomic E-state index is 0.185. The Balaban J connectivity index is 1.64. The van der Waals surface area contributed by atoms with Crippen LogP contribution in [0.25, 0.3) is 0 Å². The number of nitrogens with zero attached hydrogens (tertiary/aromatic N) is 2. The van der Waals surface area contributed by atoms with Gasteiger partial charge < -0.3 is 10.6 Å². The van der Waals surface area contributed by atoms with Gasteiger partial charge in [-0.3, -0.25) is 4.79 Å². The summed E-state index contributed by atoms with van der Waals surface area (Å²) in [5.74, 6) is -0.193. The SMILES string of the molecule is Cc1ccc(Nc2ncc(C(=O)Nc3ccc(C(F)(F)F)cc3)cn2)cc1. The van der Waals surface area contributed by atoms with Gasteiger partial charge in [0, 0.05) is 23.8 Å². The van der Waals surface area contributed by atoms with Crippen molar-refractivity contribution in [1.29, 1.82) is 0 Å². The molecule has 0 aliphatic heterocycles. The topological polar surface area (TPSA) is 66.9 Å². The summed E-state index contributed by atoms with van der Waals surface area (Å²) in [7, 11) is 0. The molecule has 5 nitrogen and oxygen atoms in total. The van der Waals surface area contributed by atoms with Crippen LogP contribution in [-0.4, -0.2) is 15.9 Å². The molecule has 1 amide bonds. The molecule has 0 radical (unpaired) electrons. The summed E-state index contributed by atoms with van der Waals surface area (Å²) in [5, 5.41) is 5.51. The lowest BCUT2D eigenvalue weighted by Gasteiger charge is -2.09. The average Bonchev–Trinajstić information content (AvgIpc) is 2.64. The number of rotatable bonds is 4. The third kappa shape index (κ3) is 4.81. The predicted molar refractivity (Wildman–Crippen MR) is 95.9 cm³/mol. The highest BCUT2D eigenvalue weighted by atomic mass is 19.4. The zero-order valence-electron chi connectivity index (χ0n) is 14.2. The number of hydrogen-bond acceptors (Lipinski definition) is 4. The molecule has 138 valence electrons. The number of aryl methyl sites for hydroxylation is 1. The van der Waals surface area contributed by atoms with E-state index in [1.54, 1.807) is 0 Å². The largest absolute Gasteiger partial charge is 0.416 e. The number of nitrogens with one attached hydrogen (secondary N) is 2. The third-order valence-electron chi connectivity index (χ3n) is 3.69. The van der Waals surface area contributed by atoms with Crippen LogP contribution in [0.3, 0.4) is 0 Å². The molecule has 0 bridgehead atoms. The molecule has 3 aromatic rings. The van der Waals surface area contributed by atoms with Gasteiger partial charge >= 0.3 is 6.18 Å². The minimum atomic E-state index is -4.42. The molecule has 0 atom stereocenters. The molecule has 3 rings (SSSR count). The van der Waals surface area contributed by atoms with E-state index in [1.807, 2.05) is 31.2 Å². The fraction of sp³-hybridized carbons (Fsp3) is 0.105. The van der Waals surface area contributed by atoms with E-state index in [2.05, 4.69) is 20.6 Å². The summed E-state index contributed by atoms with van der Waals surface area (Å²) in [6, 6.07) is 11.8. The number of alkyl halides is 3. The summed E-state index contributed by atoms with van der Waals surface area (Å²) in [4.78, 5) is 20.3. The van der Waals surface area contributed by atoms with Gasteiger partial charge in [0.2, 0.25) is 5.95 Å². The Morgan fingerprint density at radius 1 is 0.889 bits per heavy atom. The molecule has 8 heteroatoms. The monoisotopic (exact) mass is 372 g/mol. The summed E-state index contributed by atoms with van der Waals surface area (Å²) in [6.45, 7) is 1.98. The van der Waals surface area contributed by atoms with Crippen LogP contribution in [0.2, 0.25) is 0 Å². The highest BCUT2D eigenvalue weighted by Crippen LogP contribution is 2.29. The van der Waals surface area contributed by atoms with Crippen LogP contribution in [-0.2, 0) is 6.18 Å². The number of carbonyl (C=O) groups excluding carboxylic acids is 1. The Labute approximate surface area is 153 Å². The lowest BCUT2D eigenvalue weighted by Crippen LogP contribution is -2.13. The van der Waals surface area contributed by atoms with Gasteiger partial charge in [0.1, 0.15) is 0 Å². The lowest BCUT2D eigenvalue weighted by molar-refractivity contribution is -0.137. The molecule has 27 heavy (non-hydrogen) atoms. The standard InChI is InChI=1S/C19H15F3N4O/c1-12-2-6-16(7-3-12)26-18-23-10-13(11-24-18)17(27)25-15-8-4-14(5-9-15)19(20,21)22/h2-11H,1H3,(H,25,27)(H,23,24,26). The maximum atomic E-state index is 12.6. The molecule has 0 saturated carbocycles. The third-order valence-corrected chi connectivity index (χ3v) is 3.69. The van der Waals surface area contributed by atoms with Gasteiger partial charge in [-0.15, -0.1) is 0 Å². The van der Waals surface area contributed by atoms with Gasteiger partial charge in [-0.1, -0.05) is 17.7 Å². The van der Waals surface area contributed by atoms with E-state index < -0.39 is 17.6 Å². The summed E-state index contributed by atoms with van der Waals surface area (Å²) >= 11 is 0. The number of amides is 1. The van der Waals surface area contributed by atoms with Crippen LogP contribution in [0.4, 0.5) is 30.5 Å². The molecule has 0 unspecified atom stereocenters. The van der Waals surface area contributed by atoms with Crippen LogP contribution in [0.1, 0.15) is 21.5 Å². The Morgan fingerprint density at radius 2 is 1.44 bits per heavy atom. The fourth-order valence-electron chi connectivity index (χ4n) is 2.22. The van der Waals surface area contributed by atoms with Gasteiger partial charge in [0.25, 0.3) is 5.91 Å². The van der Waals surface area contributed by atoms with Crippen molar-refractivity contribution < 1.29 is 18.0 Å². The van der Waals surface area contributed by atoms with E-state index in [4.69, 9.17) is 0 Å². The number of aromatic nitrogens is 2. The Kier molecular flexibility index (Phi) is 5.07. The van der Waals surface area contributed by atoms with E-state index in [-0.39, 0.29) is 11.3 Å². The highest BCUT2D eigenvalue weighted by molar-refractivity contribution is 6.03. The minimum Gasteiger partial charge on any atom is -0.324 e. The number of hydrogen-bond donors (Lipinski definition) is 2. The molecule has 0 aliphatic carbocycles. The first-order valence-electron chi connectivity index (χ1n) is 7.95. The van der Waals surface area contributed by atoms with Crippen molar-refractivity contribution in [1.82, 2.24) is 9.97 Å². The van der Waals surface area contributed by atoms with Crippen molar-refractivity contribution >= 4 is 23.2 Å². The van der Waals surface area contributed by atoms with Crippen molar-refractivity contribution in [3.05, 3.63) is 77.6 Å². The summed E-state index contributed by atoms with van der Waals surface area (Å²) in [5.41, 5.74) is 1.58. The van der Waals surface area contributed by atoms with Crippen LogP contribution >= 0.6 is 0 Å². The Hall–Kier alpha value is -3.42. The van der Waals surface area contributed by atoms with Crippen LogP contribution in [0.5, 0.6) is 0 Å². The van der Waals surface area contributed by atoms with Gasteiger partial charge in [0.05, 0.1) is 11.1 Å². The second-order valence-corrected chi connectivity index (χ2v) is 5.82. The van der Waals surface area contributed by atoms with Crippen molar-refractivity contribution in [2.45, 2.75) is 13.1 Å². The highest BCUT2D eigenvalue weighted by Gasteiger charge is 2.30. The quantitative estimate of drug-likeness (QED) is 0.690. The zero-order chi connectivity index (χ0) is 19.4. The number of halogens is 3. The second-order valence-electron chi connectivity index (χ2n) is 5.82. The molecule has 0 spiro atoms. The van der Waals surface area contributed by atoms with E-state index in [0.717, 1.165) is 23.4 Å². The van der Waals surface area contributed by atoms with E-state index in [1.165, 1.54) is 24.5 Å². The summed E-state index contributed by atoms with van der Waals surface area (Å²) < 4.78 is 37.7. The van der Waals surface area contributed by atoms with E-state index in [0.29, 0.717) is 5.95 Å². The molecule has 2 aromatic carbocycles. The average molecular weight is 372 g/mol. The smallest absolute Gasteiger partial charge is 0.324 e. The zero-order valence-corrected chi connectivity index (χ0v) is 14.2. The normalized spacial score (nSPS) is 11.1. The maximum Gasteiger partial charge on any atom is 0.416 e. The molecular formula is C19H15F3N4O. The van der Waals surface area contributed by atoms with Crippen molar-refractivity contribution in [3.63, 3.8) is 0 Å². The molecule has 0 aliphatic rings. The molecular weight excluding hydrogens is 357 g/mol. The molecule has 0 fully saturated rings. The Bertz CT molecular complexity index is 921. The van der Waals surface area contributed by atoms with Crippen LogP contribution in [0.15, 0.2) is 60.9 Å². The van der Waals surface area contributed by atoms with Crippen molar-refractivity contribution in [2.24, 2.45) is 0 Å². The molecule has 1 heterocycles. The van der Waals surface area contributed by atoms with E-state index in [9.17, 15) is 18.0 Å². The fourth-order valence-corrected chi connectivity index (χ4v) is 2.22. The number of benzene rings is 2. The van der Waals surface area contributed by atoms with Crippen molar-refractivity contribution in [2.75, 3.05) is 10.6 Å². The van der Waals surface area contributed by atoms with Gasteiger partial charge in [0.15, 0.2) is 0 Å². The molecule has 1 aromatic heterocycles. The molecule has 0 saturated heterocycles. The first-order valence-corrected chi connectivity index (χ1v) is 7.95. The number of carbonyl (C=O) groups is 1. The van der Waals surface area contributed by atoms with Crippen LogP contribution < -0.4 is 10.6 Å². The Morgan fingerprint density at radius 3 is 2.00 bits per heavy atom. The van der Waals surface area contributed by atoms with E-state index >= 15 is 0 Å². The van der Waals surface area contributed by atoms with Crippen LogP contribution in [0, 0.1) is 6.92 Å². The second kappa shape index (κ2) is 7.45. The first-order chi connectivity index (χ1) is 12.8. The summed E-state index contributed by atoms with van der Waals surface area (Å²) in [6.07, 6.45) is -1.75. The van der Waals surface area contributed by atoms with Gasteiger partial charge in [-0.25, -0.2) is 9.97 Å². The lowest BCUT2D eigenvalue weighted by atomic mass is 10.2. The molecule has 2 N–H and O–H groups in total.